The number of benzene rings is 1. The maximum atomic E-state index is 13.8. The van der Waals surface area contributed by atoms with Crippen LogP contribution < -0.4 is 0 Å². The van der Waals surface area contributed by atoms with Crippen molar-refractivity contribution in [1.82, 2.24) is 0 Å². The topological polar surface area (TPSA) is 144 Å². The molecule has 3 aliphatic heterocycles. The quantitative estimate of drug-likeness (QED) is 0.113. The first-order valence-electron chi connectivity index (χ1n) is 16.7. The van der Waals surface area contributed by atoms with Crippen LogP contribution in [0.5, 0.6) is 0 Å². The molecular weight excluding hydrogens is 604 g/mol. The highest BCUT2D eigenvalue weighted by Gasteiger charge is 2.90. The standard InChI is InChI=1S/C37H44O10/c1-6-7-8-9-10-11-15-18-34-45-30-26-29-33(20-38,44-29)32(41)35(42)25(19-22(4)27(35)39)37(26,47-34)23(5)28(36(30,46-34)21(2)3)43-31(40)24-16-13-12-14-17-24/h10-19,23,25-26,28-30,32,38,41-42H,2,6-9,20H2,1,3-5H3/b11-10+,18-15+/t23-,25+,26+,28-,29+,30-,32-,33+,34?,35-,36+,37+/m1/s1. The third-order valence-corrected chi connectivity index (χ3v) is 11.5. The van der Waals surface area contributed by atoms with E-state index in [-0.39, 0.29) is 5.57 Å². The number of hydrogen-bond acceptors (Lipinski definition) is 10. The summed E-state index contributed by atoms with van der Waals surface area (Å²) in [6, 6.07) is 8.57. The highest BCUT2D eigenvalue weighted by molar-refractivity contribution is 6.05. The Balaban J connectivity index is 1.41. The predicted molar refractivity (Wildman–Crippen MR) is 169 cm³/mol. The van der Waals surface area contributed by atoms with Crippen molar-refractivity contribution in [3.8, 4) is 0 Å². The minimum Gasteiger partial charge on any atom is -0.455 e. The van der Waals surface area contributed by atoms with Crippen LogP contribution in [0.15, 0.2) is 78.4 Å². The lowest BCUT2D eigenvalue weighted by atomic mass is 9.53. The second kappa shape index (κ2) is 11.0. The molecule has 5 fully saturated rings. The number of rotatable bonds is 10. The molecule has 10 heteroatoms. The molecule has 2 saturated carbocycles. The Morgan fingerprint density at radius 2 is 1.85 bits per heavy atom. The summed E-state index contributed by atoms with van der Waals surface area (Å²) in [5.74, 6) is -5.81. The Hall–Kier alpha value is -2.96. The zero-order valence-corrected chi connectivity index (χ0v) is 27.3. The molecule has 1 unspecified atom stereocenters. The van der Waals surface area contributed by atoms with Crippen molar-refractivity contribution in [3.63, 3.8) is 0 Å². The molecule has 0 spiro atoms. The monoisotopic (exact) mass is 648 g/mol. The number of carbonyl (C=O) groups is 2. The molecule has 3 bridgehead atoms. The van der Waals surface area contributed by atoms with E-state index in [4.69, 9.17) is 23.7 Å². The first-order chi connectivity index (χ1) is 22.4. The molecule has 6 aliphatic rings. The summed E-state index contributed by atoms with van der Waals surface area (Å²) >= 11 is 0. The Morgan fingerprint density at radius 1 is 1.11 bits per heavy atom. The number of hydrogen-bond donors (Lipinski definition) is 3. The van der Waals surface area contributed by atoms with Gasteiger partial charge in [0, 0.05) is 23.8 Å². The number of ether oxygens (including phenoxy) is 5. The van der Waals surface area contributed by atoms with Gasteiger partial charge in [0.1, 0.15) is 30.0 Å². The molecule has 3 saturated heterocycles. The lowest BCUT2D eigenvalue weighted by molar-refractivity contribution is -0.407. The molecule has 252 valence electrons. The summed E-state index contributed by atoms with van der Waals surface area (Å²) in [5, 5.41) is 34.9. The second-order valence-electron chi connectivity index (χ2n) is 14.1. The van der Waals surface area contributed by atoms with Gasteiger partial charge in [-0.3, -0.25) is 4.79 Å². The number of aliphatic hydroxyl groups is 3. The van der Waals surface area contributed by atoms with Gasteiger partial charge in [-0.2, -0.15) is 0 Å². The van der Waals surface area contributed by atoms with E-state index in [1.165, 1.54) is 0 Å². The molecular formula is C37H44O10. The number of fused-ring (bicyclic) bond motifs is 3. The van der Waals surface area contributed by atoms with Crippen LogP contribution in [0, 0.1) is 17.8 Å². The molecule has 3 N–H and O–H groups in total. The van der Waals surface area contributed by atoms with Crippen LogP contribution in [-0.4, -0.2) is 86.5 Å². The van der Waals surface area contributed by atoms with E-state index >= 15 is 0 Å². The van der Waals surface area contributed by atoms with Crippen LogP contribution >= 0.6 is 0 Å². The van der Waals surface area contributed by atoms with Gasteiger partial charge >= 0.3 is 11.9 Å². The molecule has 12 atom stereocenters. The van der Waals surface area contributed by atoms with E-state index in [9.17, 15) is 24.9 Å². The summed E-state index contributed by atoms with van der Waals surface area (Å²) in [4.78, 5) is 27.6. The van der Waals surface area contributed by atoms with Crippen LogP contribution in [-0.2, 0) is 28.5 Å². The van der Waals surface area contributed by atoms with E-state index < -0.39 is 88.9 Å². The van der Waals surface area contributed by atoms with E-state index in [0.717, 1.165) is 25.7 Å². The van der Waals surface area contributed by atoms with Crippen LogP contribution in [0.25, 0.3) is 0 Å². The van der Waals surface area contributed by atoms with Gasteiger partial charge in [0.2, 0.25) is 0 Å². The molecule has 7 rings (SSSR count). The van der Waals surface area contributed by atoms with E-state index in [1.807, 2.05) is 19.1 Å². The van der Waals surface area contributed by atoms with Gasteiger partial charge in [-0.15, -0.1) is 0 Å². The van der Waals surface area contributed by atoms with E-state index in [1.54, 1.807) is 62.4 Å². The summed E-state index contributed by atoms with van der Waals surface area (Å²) in [6.07, 6.45) is 8.51. The summed E-state index contributed by atoms with van der Waals surface area (Å²) in [7, 11) is 0. The van der Waals surface area contributed by atoms with Gasteiger partial charge in [-0.05, 0) is 50.0 Å². The van der Waals surface area contributed by atoms with Gasteiger partial charge in [0.05, 0.1) is 17.8 Å². The zero-order chi connectivity index (χ0) is 33.6. The second-order valence-corrected chi connectivity index (χ2v) is 14.1. The van der Waals surface area contributed by atoms with E-state index in [2.05, 4.69) is 13.5 Å². The minimum atomic E-state index is -2.41. The summed E-state index contributed by atoms with van der Waals surface area (Å²) in [6.45, 7) is 11.0. The summed E-state index contributed by atoms with van der Waals surface area (Å²) in [5.41, 5.74) is -6.01. The fourth-order valence-electron chi connectivity index (χ4n) is 9.24. The number of carbonyl (C=O) groups excluding carboxylic acids is 2. The first-order valence-corrected chi connectivity index (χ1v) is 16.7. The van der Waals surface area contributed by atoms with Crippen molar-refractivity contribution in [3.05, 3.63) is 84.0 Å². The number of Topliss-reactive ketones (excluding diaryl/α,β-unsaturated/α-hetero) is 1. The predicted octanol–water partition coefficient (Wildman–Crippen LogP) is 3.70. The fourth-order valence-corrected chi connectivity index (χ4v) is 9.24. The number of esters is 1. The van der Waals surface area contributed by atoms with Gasteiger partial charge in [-0.1, -0.05) is 75.8 Å². The van der Waals surface area contributed by atoms with Gasteiger partial charge in [-0.25, -0.2) is 4.79 Å². The maximum Gasteiger partial charge on any atom is 0.338 e. The molecule has 0 aromatic heterocycles. The number of allylic oxidation sites excluding steroid dienone is 3. The zero-order valence-electron chi connectivity index (χ0n) is 27.3. The van der Waals surface area contributed by atoms with Crippen LogP contribution in [0.1, 0.15) is 63.7 Å². The minimum absolute atomic E-state index is 0.238. The Kier molecular flexibility index (Phi) is 7.65. The number of ketones is 1. The molecule has 0 amide bonds. The van der Waals surface area contributed by atoms with Gasteiger partial charge in [0.25, 0.3) is 0 Å². The first kappa shape index (κ1) is 32.6. The van der Waals surface area contributed by atoms with Crippen LogP contribution in [0.4, 0.5) is 0 Å². The highest BCUT2D eigenvalue weighted by atomic mass is 16.9. The Morgan fingerprint density at radius 3 is 2.53 bits per heavy atom. The van der Waals surface area contributed by atoms with Crippen LogP contribution in [0.2, 0.25) is 0 Å². The average molecular weight is 649 g/mol. The Labute approximate surface area is 274 Å². The Bertz CT molecular complexity index is 1570. The van der Waals surface area contributed by atoms with Gasteiger partial charge < -0.3 is 39.0 Å². The third kappa shape index (κ3) is 4.16. The lowest BCUT2D eigenvalue weighted by Crippen LogP contribution is -2.76. The number of epoxide rings is 1. The smallest absolute Gasteiger partial charge is 0.338 e. The molecule has 1 aromatic rings. The van der Waals surface area contributed by atoms with Gasteiger partial charge in [0.15, 0.2) is 17.0 Å². The molecule has 10 nitrogen and oxygen atoms in total. The van der Waals surface area contributed by atoms with Crippen molar-refractivity contribution in [2.24, 2.45) is 17.8 Å². The normalized spacial score (nSPS) is 45.8. The fraction of sp³-hybridized carbons (Fsp3) is 0.568. The molecule has 3 heterocycles. The van der Waals surface area contributed by atoms with Crippen molar-refractivity contribution in [2.75, 3.05) is 6.61 Å². The SMILES string of the molecule is C=C(C)[C@@]12OC3(/C=C/C=C/CCCCC)O[C@@H]1[C@@H]1[C@@H]4O[C@]4(CO)[C@@H](O)[C@]4(O)C(=O)C(C)=C[C@@H]4[C@@]1(O3)[C@H](C)[C@H]2OC(=O)c1ccccc1. The summed E-state index contributed by atoms with van der Waals surface area (Å²) < 4.78 is 33.2. The van der Waals surface area contributed by atoms with Crippen molar-refractivity contribution in [2.45, 2.75) is 106 Å². The van der Waals surface area contributed by atoms with Crippen LogP contribution in [0.3, 0.4) is 0 Å². The third-order valence-electron chi connectivity index (χ3n) is 11.5. The largest absolute Gasteiger partial charge is 0.455 e. The molecule has 3 aliphatic carbocycles. The van der Waals surface area contributed by atoms with Crippen molar-refractivity contribution in [1.29, 1.82) is 0 Å². The molecule has 0 radical (unpaired) electrons. The van der Waals surface area contributed by atoms with Crippen molar-refractivity contribution < 1.29 is 48.6 Å². The number of unbranched alkanes of at least 4 members (excludes halogenated alkanes) is 3. The number of aliphatic hydroxyl groups excluding tert-OH is 2. The maximum absolute atomic E-state index is 13.8. The average Bonchev–Trinajstić information content (AvgIpc) is 3.69. The highest BCUT2D eigenvalue weighted by Crippen LogP contribution is 2.73. The van der Waals surface area contributed by atoms with E-state index in [0.29, 0.717) is 11.1 Å². The van der Waals surface area contributed by atoms with Crippen molar-refractivity contribution >= 4 is 11.8 Å². The lowest BCUT2D eigenvalue weighted by Gasteiger charge is -2.61. The molecule has 47 heavy (non-hydrogen) atoms. The molecule has 1 aromatic carbocycles.